The standard InChI is InChI=1S/C12H13Cl2FOS/c1-7-2-12(16-5-7)17-6-8-3-10(14)11(15)4-9(8)13/h3-4,7,12H,2,5-6H2,1H3/t7-,12?/m1/s1. The summed E-state index contributed by atoms with van der Waals surface area (Å²) in [4.78, 5) is 0. The van der Waals surface area contributed by atoms with Crippen LogP contribution in [0.4, 0.5) is 4.39 Å². The molecule has 0 aromatic heterocycles. The van der Waals surface area contributed by atoms with E-state index in [9.17, 15) is 4.39 Å². The Morgan fingerprint density at radius 2 is 2.18 bits per heavy atom. The summed E-state index contributed by atoms with van der Waals surface area (Å²) < 4.78 is 18.7. The maximum atomic E-state index is 13.1. The maximum Gasteiger partial charge on any atom is 0.143 e. The molecule has 1 aromatic carbocycles. The number of hydrogen-bond donors (Lipinski definition) is 0. The van der Waals surface area contributed by atoms with E-state index in [0.717, 1.165) is 18.6 Å². The van der Waals surface area contributed by atoms with Crippen molar-refractivity contribution in [1.29, 1.82) is 0 Å². The Kier molecular flexibility index (Phi) is 4.59. The molecule has 94 valence electrons. The number of rotatable bonds is 3. The van der Waals surface area contributed by atoms with Crippen molar-refractivity contribution >= 4 is 35.0 Å². The Morgan fingerprint density at radius 3 is 2.82 bits per heavy atom. The van der Waals surface area contributed by atoms with Gasteiger partial charge in [0.15, 0.2) is 0 Å². The fourth-order valence-corrected chi connectivity index (χ4v) is 3.44. The van der Waals surface area contributed by atoms with Crippen molar-refractivity contribution in [3.05, 3.63) is 33.6 Å². The van der Waals surface area contributed by atoms with Crippen molar-refractivity contribution in [2.24, 2.45) is 5.92 Å². The van der Waals surface area contributed by atoms with E-state index in [4.69, 9.17) is 27.9 Å². The third-order valence-electron chi connectivity index (χ3n) is 2.68. The highest BCUT2D eigenvalue weighted by atomic mass is 35.5. The number of benzene rings is 1. The highest BCUT2D eigenvalue weighted by Crippen LogP contribution is 2.33. The highest BCUT2D eigenvalue weighted by Gasteiger charge is 2.22. The van der Waals surface area contributed by atoms with Gasteiger partial charge in [0.05, 0.1) is 11.6 Å². The summed E-state index contributed by atoms with van der Waals surface area (Å²) in [5.74, 6) is 0.826. The summed E-state index contributed by atoms with van der Waals surface area (Å²) in [5, 5.41) is 0.538. The smallest absolute Gasteiger partial charge is 0.143 e. The first-order chi connectivity index (χ1) is 8.06. The summed E-state index contributed by atoms with van der Waals surface area (Å²) in [6.45, 7) is 2.98. The second kappa shape index (κ2) is 5.79. The molecule has 17 heavy (non-hydrogen) atoms. The fraction of sp³-hybridized carbons (Fsp3) is 0.500. The summed E-state index contributed by atoms with van der Waals surface area (Å²) in [6.07, 6.45) is 1.05. The van der Waals surface area contributed by atoms with Crippen LogP contribution in [0.15, 0.2) is 12.1 Å². The fourth-order valence-electron chi connectivity index (χ4n) is 1.71. The minimum Gasteiger partial charge on any atom is -0.367 e. The van der Waals surface area contributed by atoms with Crippen molar-refractivity contribution in [2.75, 3.05) is 6.61 Å². The van der Waals surface area contributed by atoms with Gasteiger partial charge in [0.25, 0.3) is 0 Å². The minimum atomic E-state index is -0.476. The van der Waals surface area contributed by atoms with Gasteiger partial charge in [-0.05, 0) is 30.0 Å². The van der Waals surface area contributed by atoms with E-state index in [-0.39, 0.29) is 10.5 Å². The average Bonchev–Trinajstić information content (AvgIpc) is 2.68. The van der Waals surface area contributed by atoms with E-state index < -0.39 is 5.82 Å². The maximum absolute atomic E-state index is 13.1. The molecule has 1 nitrogen and oxygen atoms in total. The minimum absolute atomic E-state index is 0.116. The van der Waals surface area contributed by atoms with E-state index in [1.165, 1.54) is 6.07 Å². The second-order valence-electron chi connectivity index (χ2n) is 4.27. The van der Waals surface area contributed by atoms with Crippen LogP contribution in [0.25, 0.3) is 0 Å². The number of halogens is 3. The molecule has 2 rings (SSSR count). The number of ether oxygens (including phenoxy) is 1. The van der Waals surface area contributed by atoms with E-state index in [1.54, 1.807) is 17.8 Å². The molecular weight excluding hydrogens is 282 g/mol. The molecule has 1 unspecified atom stereocenters. The van der Waals surface area contributed by atoms with Gasteiger partial charge >= 0.3 is 0 Å². The van der Waals surface area contributed by atoms with E-state index in [0.29, 0.717) is 16.7 Å². The summed E-state index contributed by atoms with van der Waals surface area (Å²) in [5.41, 5.74) is 1.07. The van der Waals surface area contributed by atoms with Crippen LogP contribution >= 0.6 is 35.0 Å². The van der Waals surface area contributed by atoms with Gasteiger partial charge in [-0.15, -0.1) is 11.8 Å². The van der Waals surface area contributed by atoms with Crippen LogP contribution in [0.5, 0.6) is 0 Å². The Bertz CT molecular complexity index is 414. The Hall–Kier alpha value is 0.0400. The van der Waals surface area contributed by atoms with Crippen molar-refractivity contribution in [1.82, 2.24) is 0 Å². The van der Waals surface area contributed by atoms with Crippen molar-refractivity contribution in [3.8, 4) is 0 Å². The number of thioether (sulfide) groups is 1. The quantitative estimate of drug-likeness (QED) is 0.744. The topological polar surface area (TPSA) is 9.23 Å². The van der Waals surface area contributed by atoms with Gasteiger partial charge in [-0.25, -0.2) is 4.39 Å². The first kappa shape index (κ1) is 13.5. The van der Waals surface area contributed by atoms with Crippen LogP contribution < -0.4 is 0 Å². The molecule has 0 radical (unpaired) electrons. The molecular formula is C12H13Cl2FOS. The van der Waals surface area contributed by atoms with Gasteiger partial charge < -0.3 is 4.74 Å². The van der Waals surface area contributed by atoms with Crippen LogP contribution in [0.1, 0.15) is 18.9 Å². The lowest BCUT2D eigenvalue weighted by molar-refractivity contribution is 0.166. The van der Waals surface area contributed by atoms with Crippen molar-refractivity contribution in [3.63, 3.8) is 0 Å². The van der Waals surface area contributed by atoms with Crippen LogP contribution in [-0.2, 0) is 10.5 Å². The van der Waals surface area contributed by atoms with Gasteiger partial charge in [0, 0.05) is 10.8 Å². The molecule has 1 saturated heterocycles. The molecule has 0 aliphatic carbocycles. The lowest BCUT2D eigenvalue weighted by Crippen LogP contribution is -1.99. The van der Waals surface area contributed by atoms with Crippen LogP contribution in [0.2, 0.25) is 10.0 Å². The lowest BCUT2D eigenvalue weighted by atomic mass is 10.2. The van der Waals surface area contributed by atoms with E-state index in [1.807, 2.05) is 0 Å². The molecule has 0 saturated carbocycles. The monoisotopic (exact) mass is 294 g/mol. The predicted molar refractivity (Wildman–Crippen MR) is 71.2 cm³/mol. The van der Waals surface area contributed by atoms with Gasteiger partial charge in [-0.2, -0.15) is 0 Å². The molecule has 1 aromatic rings. The molecule has 1 aliphatic rings. The van der Waals surface area contributed by atoms with E-state index >= 15 is 0 Å². The van der Waals surface area contributed by atoms with E-state index in [2.05, 4.69) is 6.92 Å². The predicted octanol–water partition coefficient (Wildman–Crippen LogP) is 4.75. The zero-order chi connectivity index (χ0) is 12.4. The van der Waals surface area contributed by atoms with Crippen LogP contribution in [-0.4, -0.2) is 12.0 Å². The third-order valence-corrected chi connectivity index (χ3v) is 4.49. The summed E-state index contributed by atoms with van der Waals surface area (Å²) in [6, 6.07) is 2.85. The average molecular weight is 295 g/mol. The molecule has 2 atom stereocenters. The highest BCUT2D eigenvalue weighted by molar-refractivity contribution is 7.99. The normalized spacial score (nSPS) is 24.2. The van der Waals surface area contributed by atoms with Gasteiger partial charge in [-0.1, -0.05) is 30.1 Å². The Balaban J connectivity index is 1.97. The zero-order valence-electron chi connectivity index (χ0n) is 9.38. The molecule has 5 heteroatoms. The van der Waals surface area contributed by atoms with Gasteiger partial charge in [0.2, 0.25) is 0 Å². The van der Waals surface area contributed by atoms with Crippen molar-refractivity contribution in [2.45, 2.75) is 24.5 Å². The lowest BCUT2D eigenvalue weighted by Gasteiger charge is -2.10. The molecule has 0 spiro atoms. The molecule has 0 amide bonds. The van der Waals surface area contributed by atoms with Crippen molar-refractivity contribution < 1.29 is 9.13 Å². The second-order valence-corrected chi connectivity index (χ2v) is 6.23. The first-order valence-electron chi connectivity index (χ1n) is 5.43. The summed E-state index contributed by atoms with van der Waals surface area (Å²) >= 11 is 13.4. The molecule has 0 N–H and O–H groups in total. The SMILES string of the molecule is C[C@H]1COC(SCc2cc(Cl)c(F)cc2Cl)C1. The first-order valence-corrected chi connectivity index (χ1v) is 7.23. The zero-order valence-corrected chi connectivity index (χ0v) is 11.7. The Labute approximate surface area is 115 Å². The number of hydrogen-bond acceptors (Lipinski definition) is 2. The van der Waals surface area contributed by atoms with Gasteiger partial charge in [-0.3, -0.25) is 0 Å². The van der Waals surface area contributed by atoms with Crippen LogP contribution in [0, 0.1) is 11.7 Å². The molecule has 1 aliphatic heterocycles. The van der Waals surface area contributed by atoms with Gasteiger partial charge in [0.1, 0.15) is 11.3 Å². The Morgan fingerprint density at radius 1 is 1.41 bits per heavy atom. The molecule has 1 fully saturated rings. The molecule has 0 bridgehead atoms. The van der Waals surface area contributed by atoms with Crippen LogP contribution in [0.3, 0.4) is 0 Å². The largest absolute Gasteiger partial charge is 0.367 e. The summed E-state index contributed by atoms with van der Waals surface area (Å²) in [7, 11) is 0. The third kappa shape index (κ3) is 3.50. The molecule has 1 heterocycles.